The van der Waals surface area contributed by atoms with Crippen LogP contribution in [0.15, 0.2) is 28.4 Å². The molecule has 1 heterocycles. The second-order valence-electron chi connectivity index (χ2n) is 5.28. The van der Waals surface area contributed by atoms with Crippen LogP contribution in [0.2, 0.25) is 0 Å². The molecule has 1 aromatic rings. The van der Waals surface area contributed by atoms with E-state index < -0.39 is 6.29 Å². The van der Waals surface area contributed by atoms with Crippen LogP contribution in [0.1, 0.15) is 25.7 Å². The van der Waals surface area contributed by atoms with Crippen LogP contribution in [-0.2, 0) is 9.47 Å². The summed E-state index contributed by atoms with van der Waals surface area (Å²) in [6, 6.07) is 4.80. The van der Waals surface area contributed by atoms with Gasteiger partial charge in [-0.3, -0.25) is 0 Å². The van der Waals surface area contributed by atoms with Gasteiger partial charge in [-0.25, -0.2) is 0 Å². The van der Waals surface area contributed by atoms with Crippen LogP contribution < -0.4 is 0 Å². The molecule has 0 N–H and O–H groups in total. The molecular formula is C12H14N6O2. The molecule has 0 bridgehead atoms. The number of ether oxygens (including phenoxy) is 2. The third kappa shape index (κ3) is 3.40. The Morgan fingerprint density at radius 3 is 2.00 bits per heavy atom. The van der Waals surface area contributed by atoms with Crippen molar-refractivity contribution in [1.82, 2.24) is 0 Å². The molecule has 8 heteroatoms. The second kappa shape index (κ2) is 5.81. The van der Waals surface area contributed by atoms with E-state index in [1.807, 2.05) is 13.8 Å². The van der Waals surface area contributed by atoms with Crippen molar-refractivity contribution in [3.63, 3.8) is 0 Å². The van der Waals surface area contributed by atoms with E-state index in [-0.39, 0.29) is 5.41 Å². The SMILES string of the molecule is CC1(C)COC(c2cc(N=[N+]=[N-])cc(N=[N+]=[N-])c2)OC1. The molecule has 104 valence electrons. The van der Waals surface area contributed by atoms with Crippen molar-refractivity contribution in [3.05, 3.63) is 44.6 Å². The summed E-state index contributed by atoms with van der Waals surface area (Å²) in [6.45, 7) is 5.20. The van der Waals surface area contributed by atoms with E-state index in [0.29, 0.717) is 30.2 Å². The Morgan fingerprint density at radius 1 is 1.05 bits per heavy atom. The number of rotatable bonds is 3. The van der Waals surface area contributed by atoms with Gasteiger partial charge in [0.2, 0.25) is 0 Å². The summed E-state index contributed by atoms with van der Waals surface area (Å²) in [5, 5.41) is 7.04. The summed E-state index contributed by atoms with van der Waals surface area (Å²) >= 11 is 0. The predicted octanol–water partition coefficient (Wildman–Crippen LogP) is 4.64. The van der Waals surface area contributed by atoms with Gasteiger partial charge in [0.1, 0.15) is 0 Å². The van der Waals surface area contributed by atoms with E-state index in [1.165, 1.54) is 6.07 Å². The van der Waals surface area contributed by atoms with Gasteiger partial charge >= 0.3 is 0 Å². The van der Waals surface area contributed by atoms with Gasteiger partial charge in [0.05, 0.1) is 13.2 Å². The molecule has 1 aromatic carbocycles. The smallest absolute Gasteiger partial charge is 0.183 e. The van der Waals surface area contributed by atoms with E-state index in [1.54, 1.807) is 12.1 Å². The van der Waals surface area contributed by atoms with Gasteiger partial charge in [0.15, 0.2) is 6.29 Å². The van der Waals surface area contributed by atoms with Gasteiger partial charge in [-0.05, 0) is 29.3 Å². The third-order valence-corrected chi connectivity index (χ3v) is 2.77. The normalized spacial score (nSPS) is 17.9. The molecule has 0 radical (unpaired) electrons. The molecule has 2 rings (SSSR count). The van der Waals surface area contributed by atoms with Gasteiger partial charge < -0.3 is 9.47 Å². The van der Waals surface area contributed by atoms with Crippen molar-refractivity contribution in [2.45, 2.75) is 20.1 Å². The highest BCUT2D eigenvalue weighted by molar-refractivity contribution is 5.53. The third-order valence-electron chi connectivity index (χ3n) is 2.77. The van der Waals surface area contributed by atoms with Crippen molar-refractivity contribution >= 4 is 11.4 Å². The fraction of sp³-hybridized carbons (Fsp3) is 0.500. The van der Waals surface area contributed by atoms with Crippen LogP contribution in [0.3, 0.4) is 0 Å². The van der Waals surface area contributed by atoms with Crippen LogP contribution in [0.5, 0.6) is 0 Å². The highest BCUT2D eigenvalue weighted by Crippen LogP contribution is 2.34. The first-order valence-electron chi connectivity index (χ1n) is 6.02. The molecule has 0 spiro atoms. The maximum absolute atomic E-state index is 8.50. The zero-order valence-electron chi connectivity index (χ0n) is 11.2. The lowest BCUT2D eigenvalue weighted by atomic mass is 9.95. The molecule has 1 aliphatic heterocycles. The van der Waals surface area contributed by atoms with Crippen LogP contribution >= 0.6 is 0 Å². The lowest BCUT2D eigenvalue weighted by Gasteiger charge is -2.34. The highest BCUT2D eigenvalue weighted by atomic mass is 16.7. The fourth-order valence-electron chi connectivity index (χ4n) is 1.86. The van der Waals surface area contributed by atoms with E-state index in [9.17, 15) is 0 Å². The Labute approximate surface area is 115 Å². The van der Waals surface area contributed by atoms with Gasteiger partial charge in [-0.2, -0.15) is 0 Å². The van der Waals surface area contributed by atoms with E-state index in [4.69, 9.17) is 20.5 Å². The molecule has 0 saturated carbocycles. The second-order valence-corrected chi connectivity index (χ2v) is 5.28. The van der Waals surface area contributed by atoms with E-state index >= 15 is 0 Å². The summed E-state index contributed by atoms with van der Waals surface area (Å²) in [4.78, 5) is 5.45. The molecule has 1 aliphatic rings. The Morgan fingerprint density at radius 2 is 1.55 bits per heavy atom. The predicted molar refractivity (Wildman–Crippen MR) is 72.5 cm³/mol. The Balaban J connectivity index is 2.31. The van der Waals surface area contributed by atoms with E-state index in [2.05, 4.69) is 20.1 Å². The molecule has 0 aromatic heterocycles. The van der Waals surface area contributed by atoms with Crippen LogP contribution in [-0.4, -0.2) is 13.2 Å². The number of hydrogen-bond acceptors (Lipinski definition) is 4. The fourth-order valence-corrected chi connectivity index (χ4v) is 1.86. The first-order valence-corrected chi connectivity index (χ1v) is 6.02. The number of hydrogen-bond donors (Lipinski definition) is 0. The molecule has 0 aliphatic carbocycles. The summed E-state index contributed by atoms with van der Waals surface area (Å²) in [7, 11) is 0. The standard InChI is InChI=1S/C12H14N6O2/c1-12(2)6-19-11(20-7-12)8-3-9(15-17-13)5-10(4-8)16-18-14/h3-5,11H,6-7H2,1-2H3. The minimum atomic E-state index is -0.551. The minimum absolute atomic E-state index is 0.0352. The van der Waals surface area contributed by atoms with Crippen LogP contribution in [0.25, 0.3) is 20.9 Å². The highest BCUT2D eigenvalue weighted by Gasteiger charge is 2.29. The summed E-state index contributed by atoms with van der Waals surface area (Å²) in [5.41, 5.74) is 18.3. The lowest BCUT2D eigenvalue weighted by Crippen LogP contribution is -2.33. The maximum Gasteiger partial charge on any atom is 0.183 e. The lowest BCUT2D eigenvalue weighted by molar-refractivity contribution is -0.226. The summed E-state index contributed by atoms with van der Waals surface area (Å²) < 4.78 is 11.3. The van der Waals surface area contributed by atoms with Crippen molar-refractivity contribution in [2.75, 3.05) is 13.2 Å². The van der Waals surface area contributed by atoms with Crippen LogP contribution in [0, 0.1) is 5.41 Å². The quantitative estimate of drug-likeness (QED) is 0.453. The monoisotopic (exact) mass is 274 g/mol. The van der Waals surface area contributed by atoms with Gasteiger partial charge in [0, 0.05) is 32.2 Å². The van der Waals surface area contributed by atoms with Crippen molar-refractivity contribution in [2.24, 2.45) is 15.6 Å². The minimum Gasteiger partial charge on any atom is -0.348 e. The largest absolute Gasteiger partial charge is 0.348 e. The average Bonchev–Trinajstić information content (AvgIpc) is 2.39. The molecule has 0 atom stereocenters. The molecule has 8 nitrogen and oxygen atoms in total. The number of azide groups is 2. The zero-order chi connectivity index (χ0) is 14.6. The topological polar surface area (TPSA) is 116 Å². The summed E-state index contributed by atoms with van der Waals surface area (Å²) in [5.74, 6) is 0. The zero-order valence-corrected chi connectivity index (χ0v) is 11.2. The van der Waals surface area contributed by atoms with Gasteiger partial charge in [-0.15, -0.1) is 0 Å². The molecule has 0 unspecified atom stereocenters. The Hall–Kier alpha value is -2.24. The van der Waals surface area contributed by atoms with E-state index in [0.717, 1.165) is 0 Å². The maximum atomic E-state index is 8.50. The molecule has 1 saturated heterocycles. The molecule has 0 amide bonds. The van der Waals surface area contributed by atoms with Gasteiger partial charge in [-0.1, -0.05) is 24.1 Å². The first-order chi connectivity index (χ1) is 9.54. The first kappa shape index (κ1) is 14.2. The summed E-state index contributed by atoms with van der Waals surface area (Å²) in [6.07, 6.45) is -0.551. The number of nitrogens with zero attached hydrogens (tertiary/aromatic N) is 6. The Kier molecular flexibility index (Phi) is 4.12. The van der Waals surface area contributed by atoms with Crippen molar-refractivity contribution in [1.29, 1.82) is 0 Å². The van der Waals surface area contributed by atoms with Crippen molar-refractivity contribution < 1.29 is 9.47 Å². The average molecular weight is 274 g/mol. The molecule has 1 fully saturated rings. The molecular weight excluding hydrogens is 260 g/mol. The van der Waals surface area contributed by atoms with Gasteiger partial charge in [0.25, 0.3) is 0 Å². The van der Waals surface area contributed by atoms with Crippen molar-refractivity contribution in [3.8, 4) is 0 Å². The van der Waals surface area contributed by atoms with Crippen LogP contribution in [0.4, 0.5) is 11.4 Å². The Bertz CT molecular complexity index is 556. The number of benzene rings is 1. The molecule has 20 heavy (non-hydrogen) atoms.